The molecular weight excluding hydrogens is 524 g/mol. The van der Waals surface area contributed by atoms with E-state index in [1.54, 1.807) is 60.7 Å². The number of alkyl halides is 6. The van der Waals surface area contributed by atoms with Gasteiger partial charge in [0.25, 0.3) is 0 Å². The SMILES string of the molecule is CC(=O)N(C(C(F)(F)F)C(F)(F)F)[C@@H]1[C@H](OCc2ccccc2)[C@@H]2OC(c3ccccc3)OC[C@H]2O[C@@H]1[O-]. The molecule has 6 atom stereocenters. The summed E-state index contributed by atoms with van der Waals surface area (Å²) in [5.74, 6) is -1.63. The summed E-state index contributed by atoms with van der Waals surface area (Å²) in [6.45, 7) is -0.00923. The molecule has 0 bridgehead atoms. The van der Waals surface area contributed by atoms with Crippen molar-refractivity contribution in [2.45, 2.75) is 68.9 Å². The van der Waals surface area contributed by atoms with Gasteiger partial charge in [-0.1, -0.05) is 60.7 Å². The molecule has 4 rings (SSSR count). The first-order chi connectivity index (χ1) is 17.9. The first-order valence-electron chi connectivity index (χ1n) is 11.6. The molecule has 7 nitrogen and oxygen atoms in total. The minimum Gasteiger partial charge on any atom is -0.829 e. The first kappa shape index (κ1) is 28.3. The van der Waals surface area contributed by atoms with E-state index in [2.05, 4.69) is 0 Å². The van der Waals surface area contributed by atoms with Crippen LogP contribution in [-0.4, -0.2) is 66.5 Å². The maximum absolute atomic E-state index is 13.8. The normalized spacial score (nSPS) is 28.1. The van der Waals surface area contributed by atoms with E-state index in [1.807, 2.05) is 0 Å². The molecule has 2 aliphatic rings. The highest BCUT2D eigenvalue weighted by Gasteiger charge is 2.64. The molecule has 0 N–H and O–H groups in total. The summed E-state index contributed by atoms with van der Waals surface area (Å²) in [7, 11) is 0. The second-order valence-electron chi connectivity index (χ2n) is 8.88. The summed E-state index contributed by atoms with van der Waals surface area (Å²) in [5, 5.41) is 13.1. The van der Waals surface area contributed by atoms with Gasteiger partial charge < -0.3 is 29.0 Å². The van der Waals surface area contributed by atoms with E-state index in [0.717, 1.165) is 0 Å². The van der Waals surface area contributed by atoms with E-state index in [1.165, 1.54) is 0 Å². The molecule has 1 unspecified atom stereocenters. The van der Waals surface area contributed by atoms with Gasteiger partial charge in [0, 0.05) is 18.8 Å². The molecule has 0 aromatic heterocycles. The van der Waals surface area contributed by atoms with Gasteiger partial charge in [0.05, 0.1) is 19.3 Å². The molecule has 0 radical (unpaired) electrons. The van der Waals surface area contributed by atoms with Gasteiger partial charge in [-0.25, -0.2) is 0 Å². The summed E-state index contributed by atoms with van der Waals surface area (Å²) >= 11 is 0. The highest BCUT2D eigenvalue weighted by Crippen LogP contribution is 2.42. The fraction of sp³-hybridized carbons (Fsp3) is 0.480. The minimum atomic E-state index is -5.94. The van der Waals surface area contributed by atoms with Gasteiger partial charge in [0.2, 0.25) is 11.9 Å². The maximum Gasteiger partial charge on any atom is 0.417 e. The number of hydrogen-bond acceptors (Lipinski definition) is 6. The van der Waals surface area contributed by atoms with Crippen molar-refractivity contribution in [3.8, 4) is 0 Å². The Bertz CT molecular complexity index is 1060. The first-order valence-corrected chi connectivity index (χ1v) is 11.6. The summed E-state index contributed by atoms with van der Waals surface area (Å²) in [4.78, 5) is 11.9. The fourth-order valence-corrected chi connectivity index (χ4v) is 4.65. The molecule has 1 amide bonds. The lowest BCUT2D eigenvalue weighted by Crippen LogP contribution is -2.74. The Labute approximate surface area is 213 Å². The Hall–Kier alpha value is -2.71. The van der Waals surface area contributed by atoms with Gasteiger partial charge in [-0.2, -0.15) is 26.3 Å². The highest BCUT2D eigenvalue weighted by atomic mass is 19.4. The van der Waals surface area contributed by atoms with Crippen molar-refractivity contribution in [2.75, 3.05) is 6.61 Å². The molecule has 2 fully saturated rings. The third kappa shape index (κ3) is 6.12. The molecule has 2 aromatic rings. The van der Waals surface area contributed by atoms with Gasteiger partial charge in [-0.15, -0.1) is 0 Å². The van der Waals surface area contributed by atoms with Gasteiger partial charge >= 0.3 is 12.4 Å². The smallest absolute Gasteiger partial charge is 0.417 e. The Morgan fingerprint density at radius 3 is 2.13 bits per heavy atom. The number of rotatable bonds is 6. The molecule has 2 heterocycles. The standard InChI is InChI=1S/C25H24F6NO6/c1-14(33)32(23(24(26,27)28)25(29,30)31)18-20(35-12-15-8-4-2-5-9-15)19-17(37-21(18)34)13-36-22(38-19)16-10-6-3-7-11-16/h2-11,17-23H,12-13H2,1H3/q-1/t17-,18-,19-,20+,21+,22?/m1/s1. The van der Waals surface area contributed by atoms with Crippen LogP contribution < -0.4 is 5.11 Å². The zero-order valence-corrected chi connectivity index (χ0v) is 19.9. The van der Waals surface area contributed by atoms with Crippen molar-refractivity contribution in [2.24, 2.45) is 0 Å². The van der Waals surface area contributed by atoms with Crippen molar-refractivity contribution in [3.63, 3.8) is 0 Å². The summed E-state index contributed by atoms with van der Waals surface area (Å²) in [6.07, 6.45) is -19.7. The number of halogens is 6. The van der Waals surface area contributed by atoms with E-state index in [-0.39, 0.29) is 13.2 Å². The Balaban J connectivity index is 1.75. The van der Waals surface area contributed by atoms with Crippen molar-refractivity contribution < 1.29 is 55.2 Å². The van der Waals surface area contributed by atoms with Crippen LogP contribution in [0.15, 0.2) is 60.7 Å². The quantitative estimate of drug-likeness (QED) is 0.515. The summed E-state index contributed by atoms with van der Waals surface area (Å²) < 4.78 is 105. The predicted octanol–water partition coefficient (Wildman–Crippen LogP) is 3.48. The van der Waals surface area contributed by atoms with Crippen LogP contribution in [0.2, 0.25) is 0 Å². The zero-order valence-electron chi connectivity index (χ0n) is 19.9. The molecule has 38 heavy (non-hydrogen) atoms. The van der Waals surface area contributed by atoms with E-state index < -0.39 is 66.1 Å². The van der Waals surface area contributed by atoms with Crippen molar-refractivity contribution >= 4 is 5.91 Å². The van der Waals surface area contributed by atoms with Gasteiger partial charge in [-0.05, 0) is 5.56 Å². The second-order valence-corrected chi connectivity index (χ2v) is 8.88. The van der Waals surface area contributed by atoms with Crippen LogP contribution in [0, 0.1) is 0 Å². The molecule has 2 aromatic carbocycles. The number of amides is 1. The van der Waals surface area contributed by atoms with Gasteiger partial charge in [-0.3, -0.25) is 4.79 Å². The van der Waals surface area contributed by atoms with E-state index in [9.17, 15) is 36.2 Å². The zero-order chi connectivity index (χ0) is 27.7. The second kappa shape index (κ2) is 11.2. The molecule has 0 aliphatic carbocycles. The van der Waals surface area contributed by atoms with E-state index >= 15 is 0 Å². The Morgan fingerprint density at radius 2 is 1.58 bits per heavy atom. The van der Waals surface area contributed by atoms with Gasteiger partial charge in [0.1, 0.15) is 18.3 Å². The van der Waals surface area contributed by atoms with Crippen LogP contribution in [0.5, 0.6) is 0 Å². The number of carbonyl (C=O) groups is 1. The third-order valence-electron chi connectivity index (χ3n) is 6.25. The third-order valence-corrected chi connectivity index (χ3v) is 6.25. The number of ether oxygens (including phenoxy) is 4. The van der Waals surface area contributed by atoms with Crippen molar-refractivity contribution in [1.82, 2.24) is 4.90 Å². The lowest BCUT2D eigenvalue weighted by atomic mass is 9.92. The number of benzene rings is 2. The van der Waals surface area contributed by atoms with Crippen LogP contribution in [0.4, 0.5) is 26.3 Å². The minimum absolute atomic E-state index is 0.247. The molecule has 2 saturated heterocycles. The van der Waals surface area contributed by atoms with Crippen LogP contribution in [0.25, 0.3) is 0 Å². The summed E-state index contributed by atoms with van der Waals surface area (Å²) in [6, 6.07) is 10.0. The molecule has 13 heteroatoms. The predicted molar refractivity (Wildman–Crippen MR) is 116 cm³/mol. The number of nitrogens with zero attached hydrogens (tertiary/aromatic N) is 1. The monoisotopic (exact) mass is 548 g/mol. The average molecular weight is 548 g/mol. The lowest BCUT2D eigenvalue weighted by Gasteiger charge is -2.55. The van der Waals surface area contributed by atoms with E-state index in [0.29, 0.717) is 18.1 Å². The lowest BCUT2D eigenvalue weighted by molar-refractivity contribution is -0.535. The molecule has 0 spiro atoms. The van der Waals surface area contributed by atoms with Crippen molar-refractivity contribution in [3.05, 3.63) is 71.8 Å². The molecule has 0 saturated carbocycles. The van der Waals surface area contributed by atoms with E-state index in [4.69, 9.17) is 18.9 Å². The van der Waals surface area contributed by atoms with Crippen LogP contribution in [0.3, 0.4) is 0 Å². The Kier molecular flexibility index (Phi) is 8.33. The molecule has 2 aliphatic heterocycles. The van der Waals surface area contributed by atoms with Gasteiger partial charge in [0.15, 0.2) is 6.29 Å². The average Bonchev–Trinajstić information content (AvgIpc) is 2.85. The van der Waals surface area contributed by atoms with Crippen LogP contribution >= 0.6 is 0 Å². The van der Waals surface area contributed by atoms with Crippen LogP contribution in [-0.2, 0) is 30.3 Å². The topological polar surface area (TPSA) is 80.3 Å². The van der Waals surface area contributed by atoms with Crippen LogP contribution in [0.1, 0.15) is 24.3 Å². The number of fused-ring (bicyclic) bond motifs is 1. The fourth-order valence-electron chi connectivity index (χ4n) is 4.65. The highest BCUT2D eigenvalue weighted by molar-refractivity contribution is 5.74. The van der Waals surface area contributed by atoms with Crippen molar-refractivity contribution in [1.29, 1.82) is 0 Å². The number of hydrogen-bond donors (Lipinski definition) is 0. The Morgan fingerprint density at radius 1 is 1.00 bits per heavy atom. The molecule has 208 valence electrons. The summed E-state index contributed by atoms with van der Waals surface area (Å²) in [5.41, 5.74) is 1.04. The maximum atomic E-state index is 13.8. The molecular formula is C25H24F6NO6-. The number of carbonyl (C=O) groups excluding carboxylic acids is 1. The largest absolute Gasteiger partial charge is 0.829 e.